The average molecular weight is 890 g/mol. The highest BCUT2D eigenvalue weighted by Gasteiger charge is 2.35. The third-order valence-electron chi connectivity index (χ3n) is 14.0. The molecule has 1 aliphatic rings. The van der Waals surface area contributed by atoms with E-state index < -0.39 is 0 Å². The minimum absolute atomic E-state index is 0.0280. The molecule has 12 rings (SSSR count). The van der Waals surface area contributed by atoms with Crippen molar-refractivity contribution in [2.45, 2.75) is 40.0 Å². The molecule has 3 nitrogen and oxygen atoms in total. The summed E-state index contributed by atoms with van der Waals surface area (Å²) in [6.07, 6.45) is 8.14. The van der Waals surface area contributed by atoms with Crippen molar-refractivity contribution in [2.75, 3.05) is 10.2 Å². The van der Waals surface area contributed by atoms with E-state index in [1.165, 1.54) is 71.5 Å². The van der Waals surface area contributed by atoms with Crippen LogP contribution in [0.25, 0.3) is 77.0 Å². The fourth-order valence-corrected chi connectivity index (χ4v) is 10.8. The van der Waals surface area contributed by atoms with E-state index in [0.717, 1.165) is 50.7 Å². The van der Waals surface area contributed by atoms with E-state index in [1.807, 2.05) is 39.0 Å². The third kappa shape index (κ3) is 7.21. The molecule has 0 spiro atoms. The van der Waals surface area contributed by atoms with Gasteiger partial charge >= 0.3 is 0 Å². The van der Waals surface area contributed by atoms with Crippen LogP contribution in [0.1, 0.15) is 51.3 Å². The normalized spacial score (nSPS) is 12.9. The van der Waals surface area contributed by atoms with Crippen molar-refractivity contribution in [2.24, 2.45) is 0 Å². The van der Waals surface area contributed by atoms with E-state index in [1.54, 1.807) is 0 Å². The summed E-state index contributed by atoms with van der Waals surface area (Å²) in [5.74, 6) is 0. The number of allylic oxidation sites excluding steroid dienone is 5. The zero-order valence-electron chi connectivity index (χ0n) is 40.0. The summed E-state index contributed by atoms with van der Waals surface area (Å²) >= 11 is 0. The minimum atomic E-state index is -0.0280. The molecule has 0 atom stereocenters. The highest BCUT2D eigenvalue weighted by Crippen LogP contribution is 2.50. The van der Waals surface area contributed by atoms with Gasteiger partial charge in [-0.05, 0) is 118 Å². The van der Waals surface area contributed by atoms with Gasteiger partial charge in [-0.25, -0.2) is 0 Å². The van der Waals surface area contributed by atoms with Crippen LogP contribution >= 0.6 is 0 Å². The van der Waals surface area contributed by atoms with Crippen molar-refractivity contribution < 1.29 is 0 Å². The number of para-hydroxylation sites is 4. The number of fused-ring (bicyclic) bond motifs is 9. The van der Waals surface area contributed by atoms with Gasteiger partial charge in [0, 0.05) is 55.3 Å². The summed E-state index contributed by atoms with van der Waals surface area (Å²) in [6.45, 7) is 14.9. The predicted molar refractivity (Wildman–Crippen MR) is 298 cm³/mol. The van der Waals surface area contributed by atoms with Gasteiger partial charge in [-0.1, -0.05) is 198 Å². The van der Waals surface area contributed by atoms with Crippen molar-refractivity contribution >= 4 is 72.1 Å². The summed E-state index contributed by atoms with van der Waals surface area (Å²) in [7, 11) is 0. The van der Waals surface area contributed by atoms with Crippen molar-refractivity contribution in [3.05, 3.63) is 248 Å². The predicted octanol–water partition coefficient (Wildman–Crippen LogP) is 18.9. The van der Waals surface area contributed by atoms with Crippen LogP contribution in [0.15, 0.2) is 231 Å². The summed E-state index contributed by atoms with van der Waals surface area (Å²) in [6, 6.07) is 73.5. The maximum absolute atomic E-state index is 4.16. The Morgan fingerprint density at radius 2 is 1.10 bits per heavy atom. The van der Waals surface area contributed by atoms with Crippen LogP contribution in [0.5, 0.6) is 0 Å². The van der Waals surface area contributed by atoms with Crippen LogP contribution < -0.4 is 10.2 Å². The van der Waals surface area contributed by atoms with Gasteiger partial charge in [-0.15, -0.1) is 0 Å². The molecule has 11 aromatic rings. The van der Waals surface area contributed by atoms with Gasteiger partial charge < -0.3 is 14.6 Å². The molecule has 0 unspecified atom stereocenters. The largest absolute Gasteiger partial charge is 0.355 e. The van der Waals surface area contributed by atoms with E-state index in [4.69, 9.17) is 0 Å². The molecule has 0 aliphatic heterocycles. The highest BCUT2D eigenvalue weighted by molar-refractivity contribution is 6.25. The van der Waals surface area contributed by atoms with Gasteiger partial charge in [0.25, 0.3) is 0 Å². The van der Waals surface area contributed by atoms with Gasteiger partial charge in [0.1, 0.15) is 0 Å². The summed E-state index contributed by atoms with van der Waals surface area (Å²) in [5, 5.41) is 8.76. The molecule has 1 N–H and O–H groups in total. The quantitative estimate of drug-likeness (QED) is 0.138. The molecule has 69 heavy (non-hydrogen) atoms. The first-order valence-electron chi connectivity index (χ1n) is 24.2. The Kier molecular flexibility index (Phi) is 11.1. The first-order chi connectivity index (χ1) is 33.9. The van der Waals surface area contributed by atoms with Crippen LogP contribution in [0.4, 0.5) is 28.4 Å². The van der Waals surface area contributed by atoms with Crippen LogP contribution in [-0.4, -0.2) is 4.40 Å². The van der Waals surface area contributed by atoms with Gasteiger partial charge in [0.15, 0.2) is 0 Å². The Hall–Kier alpha value is -8.40. The van der Waals surface area contributed by atoms with E-state index in [-0.39, 0.29) is 5.41 Å². The number of benzene rings is 9. The second kappa shape index (κ2) is 17.7. The van der Waals surface area contributed by atoms with Crippen LogP contribution in [-0.2, 0) is 5.41 Å². The molecule has 9 aromatic carbocycles. The van der Waals surface area contributed by atoms with Gasteiger partial charge in [-0.2, -0.15) is 0 Å². The molecule has 334 valence electrons. The summed E-state index contributed by atoms with van der Waals surface area (Å²) in [4.78, 5) is 2.44. The molecule has 0 bridgehead atoms. The number of aromatic nitrogens is 1. The van der Waals surface area contributed by atoms with E-state index in [0.29, 0.717) is 0 Å². The lowest BCUT2D eigenvalue weighted by atomic mass is 9.82. The lowest BCUT2D eigenvalue weighted by Crippen LogP contribution is -2.14. The summed E-state index contributed by atoms with van der Waals surface area (Å²) < 4.78 is 2.50. The van der Waals surface area contributed by atoms with Gasteiger partial charge in [0.05, 0.1) is 22.2 Å². The van der Waals surface area contributed by atoms with Crippen molar-refractivity contribution in [1.82, 2.24) is 4.40 Å². The first-order valence-corrected chi connectivity index (χ1v) is 24.2. The van der Waals surface area contributed by atoms with E-state index in [9.17, 15) is 0 Å². The van der Waals surface area contributed by atoms with Crippen LogP contribution in [0.2, 0.25) is 0 Å². The molecule has 0 saturated heterocycles. The van der Waals surface area contributed by atoms with Crippen LogP contribution in [0.3, 0.4) is 0 Å². The minimum Gasteiger partial charge on any atom is -0.355 e. The fourth-order valence-electron chi connectivity index (χ4n) is 10.8. The SMILES string of the molecule is C=C/C(=C\C=C/C)c1ccc(-c2ccc(N(c3ccc(-c4ccc5c(c4)-c4ccccc4C5(C)C)cc3)c3cccc4c5cccc6c7ccccc7n(c34)c65)cc2)cc1Nc1ccccc1.CC. The maximum atomic E-state index is 4.16. The number of hydrogen-bond donors (Lipinski definition) is 1. The topological polar surface area (TPSA) is 19.7 Å². The molecule has 0 radical (unpaired) electrons. The Labute approximate surface area is 406 Å². The van der Waals surface area contributed by atoms with Crippen molar-refractivity contribution in [3.63, 3.8) is 0 Å². The first kappa shape index (κ1) is 43.2. The lowest BCUT2D eigenvalue weighted by molar-refractivity contribution is 0.660. The van der Waals surface area contributed by atoms with Gasteiger partial charge in [-0.3, -0.25) is 0 Å². The lowest BCUT2D eigenvalue weighted by Gasteiger charge is -2.27. The molecule has 1 aliphatic carbocycles. The Bertz CT molecular complexity index is 3750. The fraction of sp³-hybridized carbons (Fsp3) is 0.0909. The summed E-state index contributed by atoms with van der Waals surface area (Å²) in [5.41, 5.74) is 21.2. The molecule has 2 heterocycles. The number of anilines is 5. The molecule has 3 heteroatoms. The zero-order valence-corrected chi connectivity index (χ0v) is 40.0. The Morgan fingerprint density at radius 3 is 1.81 bits per heavy atom. The molecule has 2 aromatic heterocycles. The number of rotatable bonds is 10. The van der Waals surface area contributed by atoms with E-state index >= 15 is 0 Å². The Morgan fingerprint density at radius 1 is 0.536 bits per heavy atom. The second-order valence-corrected chi connectivity index (χ2v) is 18.2. The monoisotopic (exact) mass is 889 g/mol. The number of hydrogen-bond acceptors (Lipinski definition) is 2. The zero-order chi connectivity index (χ0) is 47.2. The Balaban J connectivity index is 0.00000257. The molecular weight excluding hydrogens is 835 g/mol. The van der Waals surface area contributed by atoms with E-state index in [2.05, 4.69) is 241 Å². The second-order valence-electron chi connectivity index (χ2n) is 18.2. The molecule has 0 amide bonds. The number of nitrogens with one attached hydrogen (secondary N) is 1. The molecular formula is C66H55N3. The third-order valence-corrected chi connectivity index (χ3v) is 14.0. The van der Waals surface area contributed by atoms with Crippen LogP contribution in [0, 0.1) is 0 Å². The highest BCUT2D eigenvalue weighted by atomic mass is 15.2. The van der Waals surface area contributed by atoms with Gasteiger partial charge in [0.2, 0.25) is 0 Å². The maximum Gasteiger partial charge on any atom is 0.0782 e. The average Bonchev–Trinajstić information content (AvgIpc) is 4.01. The smallest absolute Gasteiger partial charge is 0.0782 e. The number of nitrogens with zero attached hydrogens (tertiary/aromatic N) is 2. The standard InChI is InChI=1S/C64H49N3.C2H6/c1-5-7-17-42(6-2)50-38-32-46(41-59(50)65-47-18-9-8-10-19-47)44-30-36-49(37-31-44)66(61-27-16-24-55-54-23-15-22-53-52-21-12-14-26-60(52)67(62(53)54)63(55)61)48-34-28-43(29-35-48)45-33-39-58-56(40-45)51-20-11-13-25-57(51)64(58,3)4;1-2/h5-41,65H,2H2,1,3-4H3;1-2H3/b7-5-,42-17+;. The van der Waals surface area contributed by atoms with Crippen molar-refractivity contribution in [3.8, 4) is 33.4 Å². The molecule has 0 saturated carbocycles. The van der Waals surface area contributed by atoms with Crippen molar-refractivity contribution in [1.29, 1.82) is 0 Å². The molecule has 0 fully saturated rings.